The summed E-state index contributed by atoms with van der Waals surface area (Å²) in [5.41, 5.74) is 1.02. The third kappa shape index (κ3) is 3.70. The summed E-state index contributed by atoms with van der Waals surface area (Å²) in [5.74, 6) is 0.0975. The SMILES string of the molecule is Cc1ccc(F)c(OCC2CCCCCN2)c1. The van der Waals surface area contributed by atoms with Gasteiger partial charge in [-0.1, -0.05) is 18.9 Å². The Morgan fingerprint density at radius 1 is 1.35 bits per heavy atom. The molecule has 0 radical (unpaired) electrons. The zero-order chi connectivity index (χ0) is 12.1. The number of aryl methyl sites for hydroxylation is 1. The van der Waals surface area contributed by atoms with Crippen LogP contribution in [0.3, 0.4) is 0 Å². The second kappa shape index (κ2) is 6.01. The van der Waals surface area contributed by atoms with Crippen molar-refractivity contribution < 1.29 is 9.13 Å². The van der Waals surface area contributed by atoms with Crippen molar-refractivity contribution in [1.82, 2.24) is 5.32 Å². The Kier molecular flexibility index (Phi) is 4.37. The molecular formula is C14H20FNO. The minimum absolute atomic E-state index is 0.274. The molecule has 1 aliphatic heterocycles. The maximum atomic E-state index is 13.5. The van der Waals surface area contributed by atoms with Gasteiger partial charge in [0.05, 0.1) is 0 Å². The quantitative estimate of drug-likeness (QED) is 0.872. The zero-order valence-corrected chi connectivity index (χ0v) is 10.3. The highest BCUT2D eigenvalue weighted by Gasteiger charge is 2.13. The van der Waals surface area contributed by atoms with Crippen LogP contribution in [0.4, 0.5) is 4.39 Å². The maximum absolute atomic E-state index is 13.5. The lowest BCUT2D eigenvalue weighted by atomic mass is 10.1. The molecule has 1 fully saturated rings. The molecule has 2 nitrogen and oxygen atoms in total. The zero-order valence-electron chi connectivity index (χ0n) is 10.3. The smallest absolute Gasteiger partial charge is 0.165 e. The Hall–Kier alpha value is -1.09. The van der Waals surface area contributed by atoms with Gasteiger partial charge in [-0.05, 0) is 44.0 Å². The van der Waals surface area contributed by atoms with Crippen LogP contribution in [0.25, 0.3) is 0 Å². The van der Waals surface area contributed by atoms with Gasteiger partial charge in [0.1, 0.15) is 6.61 Å². The van der Waals surface area contributed by atoms with Crippen LogP contribution < -0.4 is 10.1 Å². The lowest BCUT2D eigenvalue weighted by Gasteiger charge is -2.17. The topological polar surface area (TPSA) is 21.3 Å². The van der Waals surface area contributed by atoms with Crippen molar-refractivity contribution in [3.05, 3.63) is 29.6 Å². The van der Waals surface area contributed by atoms with Gasteiger partial charge in [0.15, 0.2) is 11.6 Å². The fourth-order valence-electron chi connectivity index (χ4n) is 2.15. The normalized spacial score (nSPS) is 20.9. The largest absolute Gasteiger partial charge is 0.489 e. The van der Waals surface area contributed by atoms with Crippen LogP contribution in [0.1, 0.15) is 31.2 Å². The van der Waals surface area contributed by atoms with Crippen LogP contribution in [-0.4, -0.2) is 19.2 Å². The number of nitrogens with one attached hydrogen (secondary N) is 1. The number of hydrogen-bond acceptors (Lipinski definition) is 2. The van der Waals surface area contributed by atoms with E-state index in [2.05, 4.69) is 5.32 Å². The maximum Gasteiger partial charge on any atom is 0.165 e. The van der Waals surface area contributed by atoms with Gasteiger partial charge < -0.3 is 10.1 Å². The van der Waals surface area contributed by atoms with Crippen LogP contribution in [-0.2, 0) is 0 Å². The standard InChI is InChI=1S/C14H20FNO/c1-11-6-7-13(15)14(9-11)17-10-12-5-3-2-4-8-16-12/h6-7,9,12,16H,2-5,8,10H2,1H3. The van der Waals surface area contributed by atoms with Gasteiger partial charge in [-0.2, -0.15) is 0 Å². The van der Waals surface area contributed by atoms with E-state index in [0.29, 0.717) is 18.4 Å². The van der Waals surface area contributed by atoms with Crippen LogP contribution in [0, 0.1) is 12.7 Å². The third-order valence-corrected chi connectivity index (χ3v) is 3.19. The molecule has 0 aliphatic carbocycles. The first-order valence-electron chi connectivity index (χ1n) is 6.38. The molecule has 0 saturated carbocycles. The minimum atomic E-state index is -0.274. The van der Waals surface area contributed by atoms with Crippen molar-refractivity contribution in [3.63, 3.8) is 0 Å². The molecule has 1 aliphatic rings. The Bertz CT molecular complexity index is 359. The van der Waals surface area contributed by atoms with Gasteiger partial charge >= 0.3 is 0 Å². The monoisotopic (exact) mass is 237 g/mol. The van der Waals surface area contributed by atoms with Gasteiger partial charge in [-0.3, -0.25) is 0 Å². The average molecular weight is 237 g/mol. The van der Waals surface area contributed by atoms with Crippen LogP contribution >= 0.6 is 0 Å². The molecule has 1 atom stereocenters. The molecule has 0 bridgehead atoms. The van der Waals surface area contributed by atoms with Crippen LogP contribution in [0.15, 0.2) is 18.2 Å². The molecule has 1 N–H and O–H groups in total. The van der Waals surface area contributed by atoms with Gasteiger partial charge in [-0.25, -0.2) is 4.39 Å². The van der Waals surface area contributed by atoms with E-state index < -0.39 is 0 Å². The highest BCUT2D eigenvalue weighted by molar-refractivity contribution is 5.29. The first-order valence-corrected chi connectivity index (χ1v) is 6.38. The van der Waals surface area contributed by atoms with Crippen molar-refractivity contribution in [3.8, 4) is 5.75 Å². The van der Waals surface area contributed by atoms with Crippen LogP contribution in [0.5, 0.6) is 5.75 Å². The summed E-state index contributed by atoms with van der Waals surface area (Å²) in [6.07, 6.45) is 4.86. The van der Waals surface area contributed by atoms with E-state index in [1.54, 1.807) is 12.1 Å². The van der Waals surface area contributed by atoms with Crippen molar-refractivity contribution in [1.29, 1.82) is 0 Å². The molecule has 0 spiro atoms. The summed E-state index contributed by atoms with van der Waals surface area (Å²) < 4.78 is 19.0. The molecule has 1 unspecified atom stereocenters. The van der Waals surface area contributed by atoms with E-state index >= 15 is 0 Å². The first-order chi connectivity index (χ1) is 8.25. The van der Waals surface area contributed by atoms with E-state index in [0.717, 1.165) is 18.5 Å². The number of halogens is 1. The van der Waals surface area contributed by atoms with E-state index in [9.17, 15) is 4.39 Å². The summed E-state index contributed by atoms with van der Waals surface area (Å²) in [4.78, 5) is 0. The molecule has 1 aromatic rings. The number of ether oxygens (including phenoxy) is 1. The second-order valence-electron chi connectivity index (χ2n) is 4.75. The molecular weight excluding hydrogens is 217 g/mol. The van der Waals surface area contributed by atoms with Gasteiger partial charge in [0, 0.05) is 6.04 Å². The van der Waals surface area contributed by atoms with E-state index in [4.69, 9.17) is 4.74 Å². The molecule has 1 saturated heterocycles. The van der Waals surface area contributed by atoms with E-state index in [1.165, 1.54) is 25.3 Å². The van der Waals surface area contributed by atoms with Gasteiger partial charge in [0.2, 0.25) is 0 Å². The van der Waals surface area contributed by atoms with E-state index in [1.807, 2.05) is 6.92 Å². The predicted octanol–water partition coefficient (Wildman–Crippen LogP) is 3.05. The molecule has 3 heteroatoms. The number of hydrogen-bond donors (Lipinski definition) is 1. The summed E-state index contributed by atoms with van der Waals surface area (Å²) in [5, 5.41) is 3.44. The lowest BCUT2D eigenvalue weighted by Crippen LogP contribution is -2.33. The average Bonchev–Trinajstić information content (AvgIpc) is 2.59. The fraction of sp³-hybridized carbons (Fsp3) is 0.571. The molecule has 1 aromatic carbocycles. The fourth-order valence-corrected chi connectivity index (χ4v) is 2.15. The Balaban J connectivity index is 1.89. The van der Waals surface area contributed by atoms with Crippen molar-refractivity contribution in [2.24, 2.45) is 0 Å². The summed E-state index contributed by atoms with van der Waals surface area (Å²) in [7, 11) is 0. The Labute approximate surface area is 102 Å². The van der Waals surface area contributed by atoms with Crippen molar-refractivity contribution in [2.45, 2.75) is 38.6 Å². The predicted molar refractivity (Wildman–Crippen MR) is 66.9 cm³/mol. The van der Waals surface area contributed by atoms with E-state index in [-0.39, 0.29) is 5.82 Å². The highest BCUT2D eigenvalue weighted by atomic mass is 19.1. The molecule has 2 rings (SSSR count). The van der Waals surface area contributed by atoms with Crippen LogP contribution in [0.2, 0.25) is 0 Å². The minimum Gasteiger partial charge on any atom is -0.489 e. The Morgan fingerprint density at radius 3 is 3.12 bits per heavy atom. The highest BCUT2D eigenvalue weighted by Crippen LogP contribution is 2.19. The van der Waals surface area contributed by atoms with Crippen molar-refractivity contribution >= 4 is 0 Å². The molecule has 0 aromatic heterocycles. The molecule has 1 heterocycles. The lowest BCUT2D eigenvalue weighted by molar-refractivity contribution is 0.251. The first kappa shape index (κ1) is 12.4. The summed E-state index contributed by atoms with van der Waals surface area (Å²) in [6.45, 7) is 3.54. The molecule has 17 heavy (non-hydrogen) atoms. The third-order valence-electron chi connectivity index (χ3n) is 3.19. The van der Waals surface area contributed by atoms with Crippen molar-refractivity contribution in [2.75, 3.05) is 13.2 Å². The Morgan fingerprint density at radius 2 is 2.24 bits per heavy atom. The molecule has 0 amide bonds. The molecule has 94 valence electrons. The number of rotatable bonds is 3. The number of benzene rings is 1. The second-order valence-corrected chi connectivity index (χ2v) is 4.75. The summed E-state index contributed by atoms with van der Waals surface area (Å²) >= 11 is 0. The van der Waals surface area contributed by atoms with Gasteiger partial charge in [-0.15, -0.1) is 0 Å². The summed E-state index contributed by atoms with van der Waals surface area (Å²) in [6, 6.07) is 5.33. The van der Waals surface area contributed by atoms with Gasteiger partial charge in [0.25, 0.3) is 0 Å².